The quantitative estimate of drug-likeness (QED) is 0.0830. The van der Waals surface area contributed by atoms with Gasteiger partial charge in [-0.15, -0.1) is 0 Å². The molecule has 0 bridgehead atoms. The summed E-state index contributed by atoms with van der Waals surface area (Å²) in [6.07, 6.45) is 23.8. The molecule has 218 valence electrons. The third kappa shape index (κ3) is 25.8. The highest BCUT2D eigenvalue weighted by Crippen LogP contribution is 2.13. The molecule has 6 heteroatoms. The van der Waals surface area contributed by atoms with Gasteiger partial charge in [0.25, 0.3) is 0 Å². The van der Waals surface area contributed by atoms with Crippen molar-refractivity contribution in [1.82, 2.24) is 5.32 Å². The van der Waals surface area contributed by atoms with Gasteiger partial charge in [-0.3, -0.25) is 9.59 Å². The van der Waals surface area contributed by atoms with Crippen molar-refractivity contribution in [2.24, 2.45) is 5.92 Å². The zero-order chi connectivity index (χ0) is 27.6. The van der Waals surface area contributed by atoms with E-state index in [2.05, 4.69) is 26.1 Å². The number of esters is 1. The maximum atomic E-state index is 12.1. The molecule has 1 amide bonds. The lowest BCUT2D eigenvalue weighted by molar-refractivity contribution is -0.150. The Morgan fingerprint density at radius 2 is 1.14 bits per heavy atom. The number of carbonyl (C=O) groups excluding carboxylic acids is 2. The summed E-state index contributed by atoms with van der Waals surface area (Å²) in [4.78, 5) is 35.7. The number of carboxylic acid groups (broad SMARTS) is 1. The number of nitrogens with one attached hydrogen (secondary N) is 1. The molecule has 0 unspecified atom stereocenters. The van der Waals surface area contributed by atoms with Gasteiger partial charge in [0.05, 0.1) is 13.0 Å². The normalized spacial score (nSPS) is 12.0. The first-order chi connectivity index (χ1) is 17.9. The first kappa shape index (κ1) is 35.4. The first-order valence-electron chi connectivity index (χ1n) is 15.5. The molecule has 0 aliphatic carbocycles. The van der Waals surface area contributed by atoms with Gasteiger partial charge in [0, 0.05) is 6.42 Å². The minimum atomic E-state index is -1.22. The minimum absolute atomic E-state index is 0.299. The molecule has 0 saturated carbocycles. The average Bonchev–Trinajstić information content (AvgIpc) is 2.85. The monoisotopic (exact) mass is 525 g/mol. The summed E-state index contributed by atoms with van der Waals surface area (Å²) in [5.74, 6) is -1.27. The summed E-state index contributed by atoms with van der Waals surface area (Å²) in [6.45, 7) is 7.08. The molecule has 0 spiro atoms. The van der Waals surface area contributed by atoms with Crippen molar-refractivity contribution in [1.29, 1.82) is 0 Å². The van der Waals surface area contributed by atoms with Gasteiger partial charge in [0.15, 0.2) is 0 Å². The Morgan fingerprint density at radius 1 is 0.676 bits per heavy atom. The standard InChI is InChI=1S/C31H59NO5/c1-4-5-6-7-8-9-10-11-15-18-21-24-29(33)32-28(31(35)36)26-30(34)37-25-22-19-16-13-12-14-17-20-23-27(2)3/h27-28H,4-26H2,1-3H3,(H,32,33)(H,35,36)/t28-/m0/s1. The number of aliphatic carboxylic acids is 1. The molecule has 0 heterocycles. The number of amides is 1. The molecule has 2 N–H and O–H groups in total. The van der Waals surface area contributed by atoms with Crippen LogP contribution in [0.25, 0.3) is 0 Å². The molecular formula is C31H59NO5. The highest BCUT2D eigenvalue weighted by molar-refractivity contribution is 5.87. The molecule has 0 rings (SSSR count). The number of hydrogen-bond donors (Lipinski definition) is 2. The number of unbranched alkanes of at least 4 members (excludes halogenated alkanes) is 17. The van der Waals surface area contributed by atoms with Crippen molar-refractivity contribution in [2.75, 3.05) is 6.61 Å². The smallest absolute Gasteiger partial charge is 0.326 e. The largest absolute Gasteiger partial charge is 0.480 e. The molecular weight excluding hydrogens is 466 g/mol. The van der Waals surface area contributed by atoms with Crippen LogP contribution in [0.1, 0.15) is 162 Å². The number of rotatable bonds is 27. The average molecular weight is 526 g/mol. The summed E-state index contributed by atoms with van der Waals surface area (Å²) < 4.78 is 5.21. The molecule has 6 nitrogen and oxygen atoms in total. The zero-order valence-corrected chi connectivity index (χ0v) is 24.5. The fourth-order valence-electron chi connectivity index (χ4n) is 4.54. The van der Waals surface area contributed by atoms with Crippen LogP contribution in [0.4, 0.5) is 0 Å². The van der Waals surface area contributed by atoms with Crippen LogP contribution in [0.5, 0.6) is 0 Å². The lowest BCUT2D eigenvalue weighted by Crippen LogP contribution is -2.42. The predicted octanol–water partition coefficient (Wildman–Crippen LogP) is 8.36. The molecule has 0 aliphatic heterocycles. The third-order valence-electron chi connectivity index (χ3n) is 6.95. The number of hydrogen-bond acceptors (Lipinski definition) is 4. The van der Waals surface area contributed by atoms with Crippen molar-refractivity contribution < 1.29 is 24.2 Å². The van der Waals surface area contributed by atoms with Crippen LogP contribution in [-0.2, 0) is 19.1 Å². The summed E-state index contributed by atoms with van der Waals surface area (Å²) in [6, 6.07) is -1.22. The van der Waals surface area contributed by atoms with Gasteiger partial charge in [-0.2, -0.15) is 0 Å². The number of carbonyl (C=O) groups is 3. The Balaban J connectivity index is 3.73. The highest BCUT2D eigenvalue weighted by Gasteiger charge is 2.23. The van der Waals surface area contributed by atoms with Crippen molar-refractivity contribution in [2.45, 2.75) is 168 Å². The molecule has 0 fully saturated rings. The molecule has 0 aromatic heterocycles. The summed E-state index contributed by atoms with van der Waals surface area (Å²) in [7, 11) is 0. The van der Waals surface area contributed by atoms with Gasteiger partial charge < -0.3 is 15.2 Å². The van der Waals surface area contributed by atoms with Crippen LogP contribution >= 0.6 is 0 Å². The lowest BCUT2D eigenvalue weighted by Gasteiger charge is -2.14. The Hall–Kier alpha value is -1.59. The van der Waals surface area contributed by atoms with Gasteiger partial charge in [0.2, 0.25) is 5.91 Å². The molecule has 0 aromatic carbocycles. The molecule has 1 atom stereocenters. The Kier molecular flexibility index (Phi) is 24.9. The summed E-state index contributed by atoms with van der Waals surface area (Å²) in [5.41, 5.74) is 0. The van der Waals surface area contributed by atoms with E-state index in [-0.39, 0.29) is 12.3 Å². The Morgan fingerprint density at radius 3 is 1.62 bits per heavy atom. The molecule has 0 radical (unpaired) electrons. The van der Waals surface area contributed by atoms with E-state index in [1.807, 2.05) is 0 Å². The van der Waals surface area contributed by atoms with Crippen molar-refractivity contribution >= 4 is 17.8 Å². The van der Waals surface area contributed by atoms with Gasteiger partial charge in [-0.25, -0.2) is 4.79 Å². The van der Waals surface area contributed by atoms with E-state index in [0.717, 1.165) is 44.4 Å². The SMILES string of the molecule is CCCCCCCCCCCCCC(=O)N[C@@H](CC(=O)OCCCCCCCCCCC(C)C)C(=O)O. The van der Waals surface area contributed by atoms with Gasteiger partial charge in [0.1, 0.15) is 6.04 Å². The van der Waals surface area contributed by atoms with Crippen molar-refractivity contribution in [3.05, 3.63) is 0 Å². The van der Waals surface area contributed by atoms with Crippen LogP contribution in [0.15, 0.2) is 0 Å². The van der Waals surface area contributed by atoms with Gasteiger partial charge in [-0.1, -0.05) is 136 Å². The first-order valence-corrected chi connectivity index (χ1v) is 15.5. The van der Waals surface area contributed by atoms with E-state index in [1.54, 1.807) is 0 Å². The van der Waals surface area contributed by atoms with Crippen LogP contribution in [0.2, 0.25) is 0 Å². The number of carboxylic acids is 1. The maximum Gasteiger partial charge on any atom is 0.326 e. The second-order valence-corrected chi connectivity index (χ2v) is 11.2. The van der Waals surface area contributed by atoms with Crippen LogP contribution in [-0.4, -0.2) is 35.6 Å². The zero-order valence-electron chi connectivity index (χ0n) is 24.5. The number of ether oxygens (including phenoxy) is 1. The van der Waals surface area contributed by atoms with Crippen molar-refractivity contribution in [3.63, 3.8) is 0 Å². The van der Waals surface area contributed by atoms with Crippen LogP contribution in [0, 0.1) is 5.92 Å². The molecule has 37 heavy (non-hydrogen) atoms. The van der Waals surface area contributed by atoms with Gasteiger partial charge in [-0.05, 0) is 18.8 Å². The molecule has 0 aromatic rings. The van der Waals surface area contributed by atoms with Crippen LogP contribution < -0.4 is 5.32 Å². The lowest BCUT2D eigenvalue weighted by atomic mass is 10.0. The Labute approximate surface area is 228 Å². The fourth-order valence-corrected chi connectivity index (χ4v) is 4.54. The van der Waals surface area contributed by atoms with E-state index < -0.39 is 18.0 Å². The van der Waals surface area contributed by atoms with E-state index in [4.69, 9.17) is 4.74 Å². The second-order valence-electron chi connectivity index (χ2n) is 11.2. The van der Waals surface area contributed by atoms with Gasteiger partial charge >= 0.3 is 11.9 Å². The van der Waals surface area contributed by atoms with E-state index >= 15 is 0 Å². The molecule has 0 aliphatic rings. The summed E-state index contributed by atoms with van der Waals surface area (Å²) >= 11 is 0. The fraction of sp³-hybridized carbons (Fsp3) is 0.903. The van der Waals surface area contributed by atoms with E-state index in [0.29, 0.717) is 13.0 Å². The van der Waals surface area contributed by atoms with Crippen molar-refractivity contribution in [3.8, 4) is 0 Å². The van der Waals surface area contributed by atoms with Crippen LogP contribution in [0.3, 0.4) is 0 Å². The third-order valence-corrected chi connectivity index (χ3v) is 6.95. The second kappa shape index (κ2) is 26.0. The molecule has 0 saturated heterocycles. The minimum Gasteiger partial charge on any atom is -0.480 e. The van der Waals surface area contributed by atoms with E-state index in [1.165, 1.54) is 89.9 Å². The Bertz CT molecular complexity index is 564. The summed E-state index contributed by atoms with van der Waals surface area (Å²) in [5, 5.41) is 11.9. The topological polar surface area (TPSA) is 92.7 Å². The highest BCUT2D eigenvalue weighted by atomic mass is 16.5. The van der Waals surface area contributed by atoms with E-state index in [9.17, 15) is 19.5 Å². The predicted molar refractivity (Wildman–Crippen MR) is 153 cm³/mol. The maximum absolute atomic E-state index is 12.1.